The number of carbonyl (C=O) groups excluding carboxylic acids is 1. The first kappa shape index (κ1) is 14.9. The number of halogens is 1. The minimum absolute atomic E-state index is 0.230. The Kier molecular flexibility index (Phi) is 4.14. The van der Waals surface area contributed by atoms with Crippen LogP contribution in [0.15, 0.2) is 36.4 Å². The van der Waals surface area contributed by atoms with Gasteiger partial charge in [-0.3, -0.25) is 4.79 Å². The van der Waals surface area contributed by atoms with Crippen molar-refractivity contribution in [3.05, 3.63) is 58.1 Å². The first-order chi connectivity index (χ1) is 9.88. The summed E-state index contributed by atoms with van der Waals surface area (Å²) < 4.78 is 0. The van der Waals surface area contributed by atoms with Gasteiger partial charge in [0.15, 0.2) is 0 Å². The first-order valence-corrected chi connectivity index (χ1v) is 6.40. The minimum atomic E-state index is -1.24. The third-order valence-corrected chi connectivity index (χ3v) is 3.17. The van der Waals surface area contributed by atoms with Gasteiger partial charge in [-0.05, 0) is 36.8 Å². The van der Waals surface area contributed by atoms with Gasteiger partial charge in [0.1, 0.15) is 11.3 Å². The topological polar surface area (TPSA) is 86.6 Å². The molecule has 0 aromatic heterocycles. The van der Waals surface area contributed by atoms with Crippen molar-refractivity contribution in [1.82, 2.24) is 0 Å². The Morgan fingerprint density at radius 1 is 1.10 bits per heavy atom. The molecular weight excluding hydrogens is 294 g/mol. The Morgan fingerprint density at radius 2 is 1.81 bits per heavy atom. The van der Waals surface area contributed by atoms with Gasteiger partial charge in [-0.25, -0.2) is 4.79 Å². The molecule has 0 fully saturated rings. The normalized spacial score (nSPS) is 10.2. The molecule has 6 heteroatoms. The van der Waals surface area contributed by atoms with E-state index >= 15 is 0 Å². The third kappa shape index (κ3) is 3.32. The number of aryl methyl sites for hydroxylation is 1. The monoisotopic (exact) mass is 305 g/mol. The van der Waals surface area contributed by atoms with Crippen LogP contribution in [0.2, 0.25) is 5.02 Å². The van der Waals surface area contributed by atoms with Gasteiger partial charge >= 0.3 is 5.97 Å². The maximum absolute atomic E-state index is 12.1. The average molecular weight is 306 g/mol. The fraction of sp³-hybridized carbons (Fsp3) is 0.0667. The van der Waals surface area contributed by atoms with E-state index in [2.05, 4.69) is 5.32 Å². The van der Waals surface area contributed by atoms with Crippen molar-refractivity contribution in [2.24, 2.45) is 0 Å². The lowest BCUT2D eigenvalue weighted by Gasteiger charge is -2.09. The molecule has 1 amide bonds. The molecule has 0 aliphatic heterocycles. The number of nitrogens with one attached hydrogen (secondary N) is 1. The van der Waals surface area contributed by atoms with Gasteiger partial charge in [-0.1, -0.05) is 17.7 Å². The molecule has 108 valence electrons. The second kappa shape index (κ2) is 5.85. The molecule has 21 heavy (non-hydrogen) atoms. The highest BCUT2D eigenvalue weighted by Crippen LogP contribution is 2.23. The van der Waals surface area contributed by atoms with Gasteiger partial charge in [0.05, 0.1) is 0 Å². The molecular formula is C15H12ClNO4. The summed E-state index contributed by atoms with van der Waals surface area (Å²) in [4.78, 5) is 22.9. The zero-order valence-electron chi connectivity index (χ0n) is 11.1. The van der Waals surface area contributed by atoms with Crippen LogP contribution in [0.25, 0.3) is 0 Å². The Labute approximate surface area is 125 Å². The second-order valence-electron chi connectivity index (χ2n) is 4.45. The zero-order valence-corrected chi connectivity index (χ0v) is 11.8. The van der Waals surface area contributed by atoms with Gasteiger partial charge < -0.3 is 15.5 Å². The molecule has 0 spiro atoms. The molecule has 0 atom stereocenters. The number of aromatic hydroxyl groups is 1. The molecule has 2 aromatic rings. The quantitative estimate of drug-likeness (QED) is 0.812. The fourth-order valence-electron chi connectivity index (χ4n) is 1.83. The van der Waals surface area contributed by atoms with Crippen LogP contribution < -0.4 is 5.32 Å². The summed E-state index contributed by atoms with van der Waals surface area (Å²) in [5.74, 6) is -2.04. The summed E-state index contributed by atoms with van der Waals surface area (Å²) in [6, 6.07) is 8.75. The number of aromatic carboxylic acids is 1. The van der Waals surface area contributed by atoms with Crippen molar-refractivity contribution in [2.45, 2.75) is 6.92 Å². The van der Waals surface area contributed by atoms with E-state index in [1.165, 1.54) is 24.3 Å². The molecule has 5 nitrogen and oxygen atoms in total. The maximum atomic E-state index is 12.1. The molecule has 2 rings (SSSR count). The number of carboxylic acids is 1. The largest absolute Gasteiger partial charge is 0.507 e. The number of benzene rings is 2. The summed E-state index contributed by atoms with van der Waals surface area (Å²) in [6.07, 6.45) is 0. The van der Waals surface area contributed by atoms with E-state index in [4.69, 9.17) is 16.7 Å². The molecule has 0 saturated heterocycles. The van der Waals surface area contributed by atoms with Gasteiger partial charge in [-0.15, -0.1) is 0 Å². The predicted molar refractivity (Wildman–Crippen MR) is 79.2 cm³/mol. The van der Waals surface area contributed by atoms with E-state index in [9.17, 15) is 14.7 Å². The summed E-state index contributed by atoms with van der Waals surface area (Å²) in [7, 11) is 0. The SMILES string of the molecule is Cc1ccc(Cl)cc1C(=O)Nc1ccc(C(=O)O)c(O)c1. The van der Waals surface area contributed by atoms with E-state index in [-0.39, 0.29) is 5.56 Å². The van der Waals surface area contributed by atoms with E-state index in [0.29, 0.717) is 16.3 Å². The molecule has 3 N–H and O–H groups in total. The van der Waals surface area contributed by atoms with Gasteiger partial charge in [-0.2, -0.15) is 0 Å². The number of hydrogen-bond donors (Lipinski definition) is 3. The molecule has 0 unspecified atom stereocenters. The van der Waals surface area contributed by atoms with Crippen molar-refractivity contribution in [1.29, 1.82) is 0 Å². The van der Waals surface area contributed by atoms with Crippen LogP contribution in [0.5, 0.6) is 5.75 Å². The van der Waals surface area contributed by atoms with Gasteiger partial charge in [0.2, 0.25) is 0 Å². The Bertz CT molecular complexity index is 728. The number of anilines is 1. The van der Waals surface area contributed by atoms with Crippen LogP contribution in [0.4, 0.5) is 5.69 Å². The summed E-state index contributed by atoms with van der Waals surface area (Å²) in [5.41, 5.74) is 1.22. The van der Waals surface area contributed by atoms with Crippen LogP contribution in [0, 0.1) is 6.92 Å². The molecule has 0 bridgehead atoms. The molecule has 0 aliphatic rings. The summed E-state index contributed by atoms with van der Waals surface area (Å²) in [6.45, 7) is 1.77. The zero-order chi connectivity index (χ0) is 15.6. The van der Waals surface area contributed by atoms with E-state index < -0.39 is 17.6 Å². The second-order valence-corrected chi connectivity index (χ2v) is 4.89. The third-order valence-electron chi connectivity index (χ3n) is 2.93. The van der Waals surface area contributed by atoms with Crippen LogP contribution in [-0.2, 0) is 0 Å². The number of carboxylic acid groups (broad SMARTS) is 1. The number of carbonyl (C=O) groups is 2. The number of phenols is 1. The van der Waals surface area contributed by atoms with Crippen LogP contribution in [-0.4, -0.2) is 22.1 Å². The maximum Gasteiger partial charge on any atom is 0.339 e. The highest BCUT2D eigenvalue weighted by Gasteiger charge is 2.13. The van der Waals surface area contributed by atoms with Crippen molar-refractivity contribution in [3.63, 3.8) is 0 Å². The van der Waals surface area contributed by atoms with Gasteiger partial charge in [0.25, 0.3) is 5.91 Å². The Balaban J connectivity index is 2.26. The summed E-state index contributed by atoms with van der Waals surface area (Å²) >= 11 is 5.86. The number of amides is 1. The molecule has 0 saturated carbocycles. The van der Waals surface area contributed by atoms with Crippen molar-refractivity contribution in [3.8, 4) is 5.75 Å². The minimum Gasteiger partial charge on any atom is -0.507 e. The first-order valence-electron chi connectivity index (χ1n) is 6.02. The smallest absolute Gasteiger partial charge is 0.339 e. The van der Waals surface area contributed by atoms with Crippen LogP contribution in [0.3, 0.4) is 0 Å². The Hall–Kier alpha value is -2.53. The highest BCUT2D eigenvalue weighted by molar-refractivity contribution is 6.31. The molecule has 0 heterocycles. The highest BCUT2D eigenvalue weighted by atomic mass is 35.5. The van der Waals surface area contributed by atoms with E-state index in [0.717, 1.165) is 5.56 Å². The predicted octanol–water partition coefficient (Wildman–Crippen LogP) is 3.30. The number of hydrogen-bond acceptors (Lipinski definition) is 3. The standard InChI is InChI=1S/C15H12ClNO4/c1-8-2-3-9(16)6-12(8)14(19)17-10-4-5-11(15(20)21)13(18)7-10/h2-7,18H,1H3,(H,17,19)(H,20,21). The average Bonchev–Trinajstić information content (AvgIpc) is 2.41. The Morgan fingerprint density at radius 3 is 2.43 bits per heavy atom. The lowest BCUT2D eigenvalue weighted by atomic mass is 10.1. The molecule has 0 radical (unpaired) electrons. The van der Waals surface area contributed by atoms with Crippen molar-refractivity contribution >= 4 is 29.2 Å². The van der Waals surface area contributed by atoms with Crippen LogP contribution in [0.1, 0.15) is 26.3 Å². The van der Waals surface area contributed by atoms with Crippen molar-refractivity contribution < 1.29 is 19.8 Å². The lowest BCUT2D eigenvalue weighted by molar-refractivity contribution is 0.0693. The van der Waals surface area contributed by atoms with Gasteiger partial charge in [0, 0.05) is 22.3 Å². The van der Waals surface area contributed by atoms with Crippen LogP contribution >= 0.6 is 11.6 Å². The molecule has 0 aliphatic carbocycles. The van der Waals surface area contributed by atoms with E-state index in [1.54, 1.807) is 19.1 Å². The fourth-order valence-corrected chi connectivity index (χ4v) is 2.00. The number of rotatable bonds is 3. The van der Waals surface area contributed by atoms with E-state index in [1.807, 2.05) is 0 Å². The molecule has 2 aromatic carbocycles. The lowest BCUT2D eigenvalue weighted by Crippen LogP contribution is -2.13. The summed E-state index contributed by atoms with van der Waals surface area (Å²) in [5, 5.41) is 21.4. The van der Waals surface area contributed by atoms with Crippen molar-refractivity contribution in [2.75, 3.05) is 5.32 Å².